The lowest BCUT2D eigenvalue weighted by Crippen LogP contribution is -2.11. The first-order valence-corrected chi connectivity index (χ1v) is 7.21. The minimum Gasteiger partial charge on any atom is -0.116 e. The van der Waals surface area contributed by atoms with E-state index in [1.807, 2.05) is 13.8 Å². The van der Waals surface area contributed by atoms with E-state index >= 15 is 0 Å². The van der Waals surface area contributed by atoms with Crippen LogP contribution < -0.4 is 0 Å². The molecule has 2 atom stereocenters. The normalized spacial score (nSPS) is 16.6. The van der Waals surface area contributed by atoms with Gasteiger partial charge >= 0.3 is 8.25 Å². The largest absolute Gasteiger partial charge is 0.697 e. The Bertz CT molecular complexity index is 184. The summed E-state index contributed by atoms with van der Waals surface area (Å²) in [6.07, 6.45) is 1.80. The van der Waals surface area contributed by atoms with Gasteiger partial charge in [0.05, 0.1) is 0 Å². The van der Waals surface area contributed by atoms with Gasteiger partial charge in [-0.3, -0.25) is 0 Å². The Morgan fingerprint density at radius 2 is 1.12 bits per heavy atom. The minimum absolute atomic E-state index is 0.00476. The van der Waals surface area contributed by atoms with Crippen molar-refractivity contribution in [2.75, 3.05) is 0 Å². The molecule has 0 saturated heterocycles. The Labute approximate surface area is 101 Å². The van der Waals surface area contributed by atoms with Crippen LogP contribution in [0.4, 0.5) is 0 Å². The molecule has 0 saturated carbocycles. The van der Waals surface area contributed by atoms with Gasteiger partial charge in [0.2, 0.25) is 0 Å². The van der Waals surface area contributed by atoms with Crippen molar-refractivity contribution in [3.8, 4) is 0 Å². The van der Waals surface area contributed by atoms with Gasteiger partial charge in [0.1, 0.15) is 12.2 Å². The molecule has 16 heavy (non-hydrogen) atoms. The van der Waals surface area contributed by atoms with E-state index in [1.165, 1.54) is 0 Å². The third-order valence-electron chi connectivity index (χ3n) is 2.14. The monoisotopic (exact) mass is 249 g/mol. The highest BCUT2D eigenvalue weighted by Crippen LogP contribution is 2.31. The molecule has 0 heterocycles. The van der Waals surface area contributed by atoms with Crippen LogP contribution in [0.2, 0.25) is 0 Å². The summed E-state index contributed by atoms with van der Waals surface area (Å²) in [7, 11) is -1.97. The highest BCUT2D eigenvalue weighted by atomic mass is 31.1. The van der Waals surface area contributed by atoms with Gasteiger partial charge in [0, 0.05) is 4.57 Å². The summed E-state index contributed by atoms with van der Waals surface area (Å²) < 4.78 is 22.1. The van der Waals surface area contributed by atoms with Crippen LogP contribution in [0.25, 0.3) is 0 Å². The van der Waals surface area contributed by atoms with Crippen molar-refractivity contribution < 1.29 is 13.6 Å². The van der Waals surface area contributed by atoms with Crippen LogP contribution >= 0.6 is 8.25 Å². The Hall–Kier alpha value is 0.0200. The van der Waals surface area contributed by atoms with Crippen molar-refractivity contribution in [1.82, 2.24) is 0 Å². The van der Waals surface area contributed by atoms with Gasteiger partial charge in [-0.1, -0.05) is 27.7 Å². The van der Waals surface area contributed by atoms with Gasteiger partial charge in [-0.15, -0.1) is 9.05 Å². The summed E-state index contributed by atoms with van der Waals surface area (Å²) in [4.78, 5) is 0. The lowest BCUT2D eigenvalue weighted by molar-refractivity contribution is 0.124. The summed E-state index contributed by atoms with van der Waals surface area (Å²) >= 11 is 0. The zero-order chi connectivity index (χ0) is 12.7. The molecule has 0 aromatic rings. The molecular weight excluding hydrogens is 223 g/mol. The van der Waals surface area contributed by atoms with Crippen LogP contribution in [0.1, 0.15) is 54.4 Å². The second kappa shape index (κ2) is 8.16. The molecule has 0 aliphatic rings. The lowest BCUT2D eigenvalue weighted by Gasteiger charge is -2.09. The predicted molar refractivity (Wildman–Crippen MR) is 67.6 cm³/mol. The molecule has 0 aliphatic carbocycles. The van der Waals surface area contributed by atoms with Crippen LogP contribution in [0.5, 0.6) is 0 Å². The Balaban J connectivity index is 3.80. The van der Waals surface area contributed by atoms with E-state index in [0.717, 1.165) is 12.8 Å². The van der Waals surface area contributed by atoms with Crippen molar-refractivity contribution in [3.63, 3.8) is 0 Å². The maximum absolute atomic E-state index is 11.5. The predicted octanol–water partition coefficient (Wildman–Crippen LogP) is 4.55. The van der Waals surface area contributed by atoms with Crippen molar-refractivity contribution in [2.45, 2.75) is 66.6 Å². The van der Waals surface area contributed by atoms with E-state index in [1.54, 1.807) is 0 Å². The maximum Gasteiger partial charge on any atom is 0.697 e. The quantitative estimate of drug-likeness (QED) is 0.592. The molecule has 0 aliphatic heterocycles. The Kier molecular flexibility index (Phi) is 8.17. The average Bonchev–Trinajstić information content (AvgIpc) is 1.97. The summed E-state index contributed by atoms with van der Waals surface area (Å²) in [5.74, 6) is 1.10. The van der Waals surface area contributed by atoms with E-state index in [9.17, 15) is 4.57 Å². The van der Waals surface area contributed by atoms with Gasteiger partial charge in [0.25, 0.3) is 0 Å². The first-order valence-electron chi connectivity index (χ1n) is 6.12. The molecule has 0 aromatic carbocycles. The van der Waals surface area contributed by atoms with Crippen LogP contribution in [-0.4, -0.2) is 12.2 Å². The molecular formula is C12H26O3P+. The fraction of sp³-hybridized carbons (Fsp3) is 1.00. The molecule has 0 N–H and O–H groups in total. The third kappa shape index (κ3) is 9.26. The molecule has 0 aromatic heterocycles. The fourth-order valence-electron chi connectivity index (χ4n) is 1.73. The SMILES string of the molecule is CC(C)CC(C)O[P+](=O)OC(C)CC(C)C. The molecule has 0 spiro atoms. The van der Waals surface area contributed by atoms with Crippen LogP contribution in [0.15, 0.2) is 0 Å². The first kappa shape index (κ1) is 16.0. The summed E-state index contributed by atoms with van der Waals surface area (Å²) in [5.41, 5.74) is 0. The second-order valence-corrected chi connectivity index (χ2v) is 6.18. The smallest absolute Gasteiger partial charge is 0.116 e. The topological polar surface area (TPSA) is 35.5 Å². The Morgan fingerprint density at radius 3 is 1.38 bits per heavy atom. The van der Waals surface area contributed by atoms with E-state index in [4.69, 9.17) is 9.05 Å². The maximum atomic E-state index is 11.5. The van der Waals surface area contributed by atoms with Crippen LogP contribution in [0, 0.1) is 11.8 Å². The summed E-state index contributed by atoms with van der Waals surface area (Å²) in [6, 6.07) is 0. The second-order valence-electron chi connectivity index (χ2n) is 5.31. The summed E-state index contributed by atoms with van der Waals surface area (Å²) in [5, 5.41) is 0. The molecule has 3 nitrogen and oxygen atoms in total. The third-order valence-corrected chi connectivity index (χ3v) is 3.20. The Morgan fingerprint density at radius 1 is 0.812 bits per heavy atom. The number of rotatable bonds is 8. The lowest BCUT2D eigenvalue weighted by atomic mass is 10.1. The zero-order valence-electron chi connectivity index (χ0n) is 11.4. The molecule has 0 rings (SSSR count). The molecule has 2 unspecified atom stereocenters. The molecule has 0 fully saturated rings. The van der Waals surface area contributed by atoms with Gasteiger partial charge in [0.15, 0.2) is 0 Å². The fourth-order valence-corrected chi connectivity index (χ4v) is 2.54. The van der Waals surface area contributed by atoms with E-state index in [0.29, 0.717) is 11.8 Å². The van der Waals surface area contributed by atoms with Crippen LogP contribution in [0.3, 0.4) is 0 Å². The molecule has 0 bridgehead atoms. The van der Waals surface area contributed by atoms with E-state index in [2.05, 4.69) is 27.7 Å². The van der Waals surface area contributed by atoms with Crippen molar-refractivity contribution in [3.05, 3.63) is 0 Å². The van der Waals surface area contributed by atoms with Crippen LogP contribution in [-0.2, 0) is 13.6 Å². The highest BCUT2D eigenvalue weighted by molar-refractivity contribution is 7.33. The molecule has 0 amide bonds. The van der Waals surface area contributed by atoms with E-state index in [-0.39, 0.29) is 12.2 Å². The van der Waals surface area contributed by atoms with E-state index < -0.39 is 8.25 Å². The minimum atomic E-state index is -1.97. The summed E-state index contributed by atoms with van der Waals surface area (Å²) in [6.45, 7) is 12.3. The first-order chi connectivity index (χ1) is 7.31. The molecule has 0 radical (unpaired) electrons. The average molecular weight is 249 g/mol. The standard InChI is InChI=1S/C12H26O3P/c1-9(2)7-11(5)14-16(13)15-12(6)8-10(3)4/h9-12H,7-8H2,1-6H3/q+1. The van der Waals surface area contributed by atoms with Gasteiger partial charge in [-0.2, -0.15) is 0 Å². The van der Waals surface area contributed by atoms with Crippen molar-refractivity contribution >= 4 is 8.25 Å². The van der Waals surface area contributed by atoms with Gasteiger partial charge < -0.3 is 0 Å². The molecule has 4 heteroatoms. The van der Waals surface area contributed by atoms with Crippen molar-refractivity contribution in [2.24, 2.45) is 11.8 Å². The zero-order valence-corrected chi connectivity index (χ0v) is 12.3. The number of hydrogen-bond donors (Lipinski definition) is 0. The van der Waals surface area contributed by atoms with Gasteiger partial charge in [-0.25, -0.2) is 0 Å². The van der Waals surface area contributed by atoms with Gasteiger partial charge in [-0.05, 0) is 38.5 Å². The van der Waals surface area contributed by atoms with Crippen molar-refractivity contribution in [1.29, 1.82) is 0 Å². The molecule has 96 valence electrons. The highest BCUT2D eigenvalue weighted by Gasteiger charge is 2.28. The number of hydrogen-bond acceptors (Lipinski definition) is 3.